The number of alkyl halides is 1. The lowest BCUT2D eigenvalue weighted by Gasteiger charge is -2.22. The van der Waals surface area contributed by atoms with E-state index in [1.807, 2.05) is 0 Å². The van der Waals surface area contributed by atoms with Crippen LogP contribution in [0, 0.1) is 0 Å². The lowest BCUT2D eigenvalue weighted by molar-refractivity contribution is -0.145. The van der Waals surface area contributed by atoms with Crippen molar-refractivity contribution in [2.75, 3.05) is 7.11 Å². The van der Waals surface area contributed by atoms with Crippen molar-refractivity contribution >= 4 is 29.4 Å². The largest absolute Gasteiger partial charge is 0.480 e. The van der Waals surface area contributed by atoms with Gasteiger partial charge in [-0.05, 0) is 5.56 Å². The van der Waals surface area contributed by atoms with Crippen molar-refractivity contribution in [3.8, 4) is 0 Å². The van der Waals surface area contributed by atoms with Crippen LogP contribution in [0.1, 0.15) is 17.4 Å². The van der Waals surface area contributed by atoms with Gasteiger partial charge >= 0.3 is 11.9 Å². The number of aliphatic carboxylic acids is 1. The minimum absolute atomic E-state index is 0.471. The summed E-state index contributed by atoms with van der Waals surface area (Å²) in [4.78, 5) is 34.3. The molecule has 2 unspecified atom stereocenters. The van der Waals surface area contributed by atoms with Crippen molar-refractivity contribution < 1.29 is 24.2 Å². The van der Waals surface area contributed by atoms with Crippen LogP contribution in [0.3, 0.4) is 0 Å². The molecule has 0 aromatic heterocycles. The van der Waals surface area contributed by atoms with Crippen LogP contribution in [0.5, 0.6) is 0 Å². The van der Waals surface area contributed by atoms with Gasteiger partial charge < -0.3 is 20.9 Å². The molecule has 0 bridgehead atoms. The van der Waals surface area contributed by atoms with Gasteiger partial charge in [0, 0.05) is 0 Å². The van der Waals surface area contributed by atoms with Crippen LogP contribution in [0.2, 0.25) is 0 Å². The summed E-state index contributed by atoms with van der Waals surface area (Å²) < 4.78 is 4.62. The van der Waals surface area contributed by atoms with Gasteiger partial charge in [0.1, 0.15) is 12.1 Å². The normalized spacial score (nSPS) is 14.5. The molecule has 0 aliphatic rings. The number of methoxy groups -OCH3 is 1. The van der Waals surface area contributed by atoms with Gasteiger partial charge in [-0.15, -0.1) is 11.6 Å². The summed E-state index contributed by atoms with van der Waals surface area (Å²) in [6.45, 7) is 0. The number of rotatable bonds is 7. The molecule has 22 heavy (non-hydrogen) atoms. The third kappa shape index (κ3) is 5.01. The van der Waals surface area contributed by atoms with E-state index in [2.05, 4.69) is 10.1 Å². The summed E-state index contributed by atoms with van der Waals surface area (Å²) in [6.07, 6.45) is -0.471. The molecule has 0 saturated carbocycles. The highest BCUT2D eigenvalue weighted by Gasteiger charge is 2.31. The fourth-order valence-electron chi connectivity index (χ4n) is 1.73. The molecule has 120 valence electrons. The van der Waals surface area contributed by atoms with E-state index in [0.717, 1.165) is 0 Å². The van der Waals surface area contributed by atoms with Gasteiger partial charge in [0.25, 0.3) is 0 Å². The first-order valence-corrected chi connectivity index (χ1v) is 6.85. The average Bonchev–Trinajstić information content (AvgIpc) is 2.51. The smallest absolute Gasteiger partial charge is 0.330 e. The maximum absolute atomic E-state index is 11.8. The van der Waals surface area contributed by atoms with Crippen LogP contribution in [-0.4, -0.2) is 42.1 Å². The Morgan fingerprint density at radius 1 is 1.32 bits per heavy atom. The molecular formula is C14H17ClN2O5. The predicted molar refractivity (Wildman–Crippen MR) is 79.2 cm³/mol. The SMILES string of the molecule is COC(=O)C(NC(=O)C[C@H](N)C(=O)O)C(Cl)c1ccccc1. The number of benzene rings is 1. The molecule has 4 N–H and O–H groups in total. The second kappa shape index (κ2) is 8.35. The van der Waals surface area contributed by atoms with Gasteiger partial charge in [-0.3, -0.25) is 9.59 Å². The van der Waals surface area contributed by atoms with E-state index in [-0.39, 0.29) is 0 Å². The highest BCUT2D eigenvalue weighted by molar-refractivity contribution is 6.23. The van der Waals surface area contributed by atoms with E-state index in [1.54, 1.807) is 30.3 Å². The number of esters is 1. The van der Waals surface area contributed by atoms with Crippen LogP contribution in [0.25, 0.3) is 0 Å². The minimum atomic E-state index is -1.36. The van der Waals surface area contributed by atoms with E-state index in [4.69, 9.17) is 22.4 Å². The van der Waals surface area contributed by atoms with Gasteiger partial charge in [0.05, 0.1) is 18.9 Å². The molecule has 0 saturated heterocycles. The number of carbonyl (C=O) groups is 3. The number of carboxylic acids is 1. The molecule has 0 heterocycles. The highest BCUT2D eigenvalue weighted by Crippen LogP contribution is 2.25. The maximum atomic E-state index is 11.8. The lowest BCUT2D eigenvalue weighted by Crippen LogP contribution is -2.46. The van der Waals surface area contributed by atoms with Crippen LogP contribution < -0.4 is 11.1 Å². The van der Waals surface area contributed by atoms with Gasteiger partial charge in [0.15, 0.2) is 0 Å². The number of nitrogens with two attached hydrogens (primary N) is 1. The summed E-state index contributed by atoms with van der Waals surface area (Å²) in [5, 5.41) is 10.2. The van der Waals surface area contributed by atoms with Crippen LogP contribution in [0.15, 0.2) is 30.3 Å². The van der Waals surface area contributed by atoms with Crippen molar-refractivity contribution in [2.24, 2.45) is 5.73 Å². The number of hydrogen-bond acceptors (Lipinski definition) is 5. The second-order valence-corrected chi connectivity index (χ2v) is 5.00. The lowest BCUT2D eigenvalue weighted by atomic mass is 10.0. The van der Waals surface area contributed by atoms with E-state index in [9.17, 15) is 14.4 Å². The molecule has 1 rings (SSSR count). The number of nitrogens with one attached hydrogen (secondary N) is 1. The Balaban J connectivity index is 2.83. The summed E-state index contributed by atoms with van der Waals surface area (Å²) in [6, 6.07) is 6.14. The van der Waals surface area contributed by atoms with Gasteiger partial charge in [-0.2, -0.15) is 0 Å². The zero-order valence-electron chi connectivity index (χ0n) is 11.9. The Kier molecular flexibility index (Phi) is 6.81. The van der Waals surface area contributed by atoms with Crippen molar-refractivity contribution in [3.05, 3.63) is 35.9 Å². The van der Waals surface area contributed by atoms with Crippen LogP contribution in [0.4, 0.5) is 0 Å². The fraction of sp³-hybridized carbons (Fsp3) is 0.357. The number of ether oxygens (including phenoxy) is 1. The second-order valence-electron chi connectivity index (χ2n) is 4.53. The number of halogens is 1. The molecule has 0 spiro atoms. The van der Waals surface area contributed by atoms with Gasteiger partial charge in [-0.25, -0.2) is 4.79 Å². The maximum Gasteiger partial charge on any atom is 0.330 e. The molecule has 0 fully saturated rings. The number of carboxylic acid groups (broad SMARTS) is 1. The van der Waals surface area contributed by atoms with Crippen molar-refractivity contribution in [2.45, 2.75) is 23.9 Å². The third-order valence-corrected chi connectivity index (χ3v) is 3.41. The van der Waals surface area contributed by atoms with Crippen molar-refractivity contribution in [1.82, 2.24) is 5.32 Å². The van der Waals surface area contributed by atoms with E-state index < -0.39 is 41.7 Å². The molecule has 3 atom stereocenters. The van der Waals surface area contributed by atoms with Crippen LogP contribution in [-0.2, 0) is 19.1 Å². The average molecular weight is 329 g/mol. The molecule has 1 aromatic carbocycles. The molecule has 0 radical (unpaired) electrons. The molecule has 7 nitrogen and oxygen atoms in total. The molecule has 0 aliphatic carbocycles. The molecule has 1 aromatic rings. The molecule has 0 aliphatic heterocycles. The first kappa shape index (κ1) is 17.9. The first-order valence-electron chi connectivity index (χ1n) is 6.41. The minimum Gasteiger partial charge on any atom is -0.480 e. The highest BCUT2D eigenvalue weighted by atomic mass is 35.5. The Bertz CT molecular complexity index is 537. The molecule has 8 heteroatoms. The first-order chi connectivity index (χ1) is 10.4. The Labute approximate surface area is 132 Å². The van der Waals surface area contributed by atoms with E-state index in [1.165, 1.54) is 7.11 Å². The Morgan fingerprint density at radius 3 is 2.41 bits per heavy atom. The topological polar surface area (TPSA) is 119 Å². The number of amides is 1. The third-order valence-electron chi connectivity index (χ3n) is 2.90. The summed E-state index contributed by atoms with van der Waals surface area (Å²) in [7, 11) is 1.17. The zero-order valence-corrected chi connectivity index (χ0v) is 12.6. The van der Waals surface area contributed by atoms with E-state index >= 15 is 0 Å². The Hall–Kier alpha value is -2.12. The summed E-state index contributed by atoms with van der Waals surface area (Å²) >= 11 is 6.23. The van der Waals surface area contributed by atoms with Gasteiger partial charge in [0.2, 0.25) is 5.91 Å². The van der Waals surface area contributed by atoms with E-state index in [0.29, 0.717) is 5.56 Å². The molecule has 1 amide bonds. The standard InChI is InChI=1S/C14H17ClN2O5/c1-22-14(21)12(11(15)8-5-3-2-4-6-8)17-10(18)7-9(16)13(19)20/h2-6,9,11-12H,7,16H2,1H3,(H,17,18)(H,19,20)/t9-,11?,12?/m0/s1. The predicted octanol–water partition coefficient (Wildman–Crippen LogP) is 0.426. The fourth-order valence-corrected chi connectivity index (χ4v) is 2.04. The van der Waals surface area contributed by atoms with Gasteiger partial charge in [-0.1, -0.05) is 30.3 Å². The molecular weight excluding hydrogens is 312 g/mol. The Morgan fingerprint density at radius 2 is 1.91 bits per heavy atom. The summed E-state index contributed by atoms with van der Waals surface area (Å²) in [5.41, 5.74) is 5.89. The van der Waals surface area contributed by atoms with Crippen molar-refractivity contribution in [3.63, 3.8) is 0 Å². The van der Waals surface area contributed by atoms with Crippen LogP contribution >= 0.6 is 11.6 Å². The number of carbonyl (C=O) groups excluding carboxylic acids is 2. The quantitative estimate of drug-likeness (QED) is 0.493. The monoisotopic (exact) mass is 328 g/mol. The zero-order chi connectivity index (χ0) is 16.7. The number of hydrogen-bond donors (Lipinski definition) is 3. The summed E-state index contributed by atoms with van der Waals surface area (Å²) in [5.74, 6) is -2.75. The van der Waals surface area contributed by atoms with Crippen molar-refractivity contribution in [1.29, 1.82) is 0 Å².